The molecule has 0 saturated heterocycles. The van der Waals surface area contributed by atoms with Gasteiger partial charge in [-0.05, 0) is 30.5 Å². The Kier molecular flexibility index (Phi) is 8.43. The van der Waals surface area contributed by atoms with E-state index in [-0.39, 0.29) is 29.2 Å². The Morgan fingerprint density at radius 3 is 1.86 bits per heavy atom. The average Bonchev–Trinajstić information content (AvgIpc) is 2.89. The van der Waals surface area contributed by atoms with Crippen molar-refractivity contribution in [2.75, 3.05) is 0 Å². The number of benzene rings is 1. The summed E-state index contributed by atoms with van der Waals surface area (Å²) in [5.74, 6) is -0.761. The molecule has 29 heavy (non-hydrogen) atoms. The minimum atomic E-state index is -0.428. The lowest BCUT2D eigenvalue weighted by atomic mass is 9.98. The van der Waals surface area contributed by atoms with Crippen LogP contribution in [0.2, 0.25) is 5.02 Å². The van der Waals surface area contributed by atoms with Crippen LogP contribution in [-0.4, -0.2) is 22.8 Å². The highest BCUT2D eigenvalue weighted by atomic mass is 35.5. The van der Waals surface area contributed by atoms with Crippen LogP contribution in [0.3, 0.4) is 0 Å². The highest BCUT2D eigenvalue weighted by molar-refractivity contribution is 6.47. The van der Waals surface area contributed by atoms with Crippen molar-refractivity contribution in [3.05, 3.63) is 45.6 Å². The third-order valence-corrected chi connectivity index (χ3v) is 6.42. The molecule has 1 N–H and O–H groups in total. The number of imide groups is 1. The molecule has 0 atom stereocenters. The highest BCUT2D eigenvalue weighted by Gasteiger charge is 2.38. The topological polar surface area (TPSA) is 49.4 Å². The molecule has 0 radical (unpaired) electrons. The molecular formula is C23H30Cl2N2O2. The first-order valence-corrected chi connectivity index (χ1v) is 11.6. The minimum absolute atomic E-state index is 0.00933. The van der Waals surface area contributed by atoms with E-state index in [1.54, 1.807) is 12.1 Å². The molecule has 1 saturated carbocycles. The van der Waals surface area contributed by atoms with Gasteiger partial charge in [-0.15, -0.1) is 0 Å². The third kappa shape index (κ3) is 6.23. The van der Waals surface area contributed by atoms with Crippen molar-refractivity contribution in [2.24, 2.45) is 0 Å². The van der Waals surface area contributed by atoms with Crippen LogP contribution in [0.5, 0.6) is 0 Å². The lowest BCUT2D eigenvalue weighted by Crippen LogP contribution is -2.36. The summed E-state index contributed by atoms with van der Waals surface area (Å²) < 4.78 is 0. The Balaban J connectivity index is 1.63. The van der Waals surface area contributed by atoms with Crippen LogP contribution in [0.25, 0.3) is 0 Å². The molecule has 158 valence electrons. The third-order valence-electron chi connectivity index (χ3n) is 5.82. The van der Waals surface area contributed by atoms with E-state index in [0.717, 1.165) is 31.2 Å². The van der Waals surface area contributed by atoms with Crippen LogP contribution < -0.4 is 5.32 Å². The normalized spacial score (nSPS) is 20.6. The van der Waals surface area contributed by atoms with Crippen molar-refractivity contribution >= 4 is 35.0 Å². The van der Waals surface area contributed by atoms with E-state index in [9.17, 15) is 9.59 Å². The van der Waals surface area contributed by atoms with Crippen LogP contribution in [0.4, 0.5) is 0 Å². The summed E-state index contributed by atoms with van der Waals surface area (Å²) in [6.07, 6.45) is 13.3. The molecule has 0 aromatic heterocycles. The van der Waals surface area contributed by atoms with E-state index < -0.39 is 5.91 Å². The van der Waals surface area contributed by atoms with Gasteiger partial charge in [0.1, 0.15) is 10.7 Å². The first-order valence-electron chi connectivity index (χ1n) is 10.8. The van der Waals surface area contributed by atoms with Gasteiger partial charge in [0.2, 0.25) is 0 Å². The smallest absolute Gasteiger partial charge is 0.278 e. The van der Waals surface area contributed by atoms with Crippen molar-refractivity contribution in [1.29, 1.82) is 0 Å². The van der Waals surface area contributed by atoms with Gasteiger partial charge in [0.15, 0.2) is 0 Å². The maximum absolute atomic E-state index is 12.9. The van der Waals surface area contributed by atoms with E-state index >= 15 is 0 Å². The second kappa shape index (κ2) is 11.0. The summed E-state index contributed by atoms with van der Waals surface area (Å²) in [6, 6.07) is 7.32. The van der Waals surface area contributed by atoms with Crippen LogP contribution in [0.1, 0.15) is 76.2 Å². The fourth-order valence-electron chi connectivity index (χ4n) is 4.10. The van der Waals surface area contributed by atoms with Gasteiger partial charge < -0.3 is 5.32 Å². The summed E-state index contributed by atoms with van der Waals surface area (Å²) in [5, 5.41) is 3.97. The Morgan fingerprint density at radius 1 is 0.793 bits per heavy atom. The zero-order chi connectivity index (χ0) is 20.6. The largest absolute Gasteiger partial charge is 0.376 e. The van der Waals surface area contributed by atoms with Crippen molar-refractivity contribution in [3.8, 4) is 0 Å². The molecule has 1 aromatic rings. The van der Waals surface area contributed by atoms with Gasteiger partial charge in [-0.25, -0.2) is 0 Å². The highest BCUT2D eigenvalue weighted by Crippen LogP contribution is 2.26. The van der Waals surface area contributed by atoms with Crippen molar-refractivity contribution in [3.63, 3.8) is 0 Å². The van der Waals surface area contributed by atoms with Crippen LogP contribution in [0, 0.1) is 0 Å². The Hall–Kier alpha value is -1.52. The predicted octanol–water partition coefficient (Wildman–Crippen LogP) is 5.92. The number of carbonyl (C=O) groups is 2. The number of hydrogen-bond acceptors (Lipinski definition) is 3. The molecule has 1 aliphatic carbocycles. The molecule has 6 heteroatoms. The zero-order valence-corrected chi connectivity index (χ0v) is 18.4. The number of halogens is 2. The maximum Gasteiger partial charge on any atom is 0.278 e. The second-order valence-corrected chi connectivity index (χ2v) is 8.93. The van der Waals surface area contributed by atoms with E-state index in [1.165, 1.54) is 49.8 Å². The molecule has 3 rings (SSSR count). The Bertz CT molecular complexity index is 734. The summed E-state index contributed by atoms with van der Waals surface area (Å²) in [6.45, 7) is 0.195. The van der Waals surface area contributed by atoms with Crippen LogP contribution >= 0.6 is 23.2 Å². The summed E-state index contributed by atoms with van der Waals surface area (Å²) in [4.78, 5) is 26.7. The minimum Gasteiger partial charge on any atom is -0.376 e. The fraction of sp³-hybridized carbons (Fsp3) is 0.565. The van der Waals surface area contributed by atoms with Crippen molar-refractivity contribution in [2.45, 2.75) is 83.2 Å². The molecular weight excluding hydrogens is 407 g/mol. The lowest BCUT2D eigenvalue weighted by Gasteiger charge is -2.21. The molecule has 1 heterocycles. The van der Waals surface area contributed by atoms with Crippen LogP contribution in [-0.2, 0) is 16.1 Å². The molecule has 0 spiro atoms. The standard InChI is InChI=1S/C23H30Cl2N2O2/c24-18-14-12-17(13-15-18)16-27-22(28)20(25)21(23(27)29)26-19-10-8-6-4-2-1-3-5-7-9-11-19/h12-15,19,26H,1-11,16H2. The second-order valence-electron chi connectivity index (χ2n) is 8.11. The van der Waals surface area contributed by atoms with Gasteiger partial charge in [-0.3, -0.25) is 14.5 Å². The number of nitrogens with zero attached hydrogens (tertiary/aromatic N) is 1. The van der Waals surface area contributed by atoms with Gasteiger partial charge in [-0.1, -0.05) is 93.1 Å². The number of nitrogens with one attached hydrogen (secondary N) is 1. The SMILES string of the molecule is O=C1C(Cl)=C(NC2CCCCCCCCCCC2)C(=O)N1Cc1ccc(Cl)cc1. The molecule has 2 amide bonds. The van der Waals surface area contributed by atoms with E-state index in [0.29, 0.717) is 5.02 Å². The number of carbonyl (C=O) groups excluding carboxylic acids is 2. The molecule has 0 bridgehead atoms. The molecule has 4 nitrogen and oxygen atoms in total. The first-order chi connectivity index (χ1) is 14.1. The average molecular weight is 437 g/mol. The number of hydrogen-bond donors (Lipinski definition) is 1. The molecule has 1 aromatic carbocycles. The zero-order valence-electron chi connectivity index (χ0n) is 16.9. The van der Waals surface area contributed by atoms with Gasteiger partial charge in [0.05, 0.1) is 6.54 Å². The quantitative estimate of drug-likeness (QED) is 0.595. The van der Waals surface area contributed by atoms with Crippen LogP contribution in [0.15, 0.2) is 35.0 Å². The van der Waals surface area contributed by atoms with E-state index in [1.807, 2.05) is 12.1 Å². The predicted molar refractivity (Wildman–Crippen MR) is 118 cm³/mol. The molecule has 0 unspecified atom stereocenters. The first kappa shape index (κ1) is 22.2. The fourth-order valence-corrected chi connectivity index (χ4v) is 4.46. The maximum atomic E-state index is 12.9. The van der Waals surface area contributed by atoms with Crippen molar-refractivity contribution < 1.29 is 9.59 Å². The van der Waals surface area contributed by atoms with E-state index in [4.69, 9.17) is 23.2 Å². The summed E-state index contributed by atoms with van der Waals surface area (Å²) in [5.41, 5.74) is 1.11. The van der Waals surface area contributed by atoms with Crippen molar-refractivity contribution in [1.82, 2.24) is 10.2 Å². The van der Waals surface area contributed by atoms with Gasteiger partial charge in [0, 0.05) is 11.1 Å². The number of amides is 2. The monoisotopic (exact) mass is 436 g/mol. The number of rotatable bonds is 4. The molecule has 1 fully saturated rings. The lowest BCUT2D eigenvalue weighted by molar-refractivity contribution is -0.138. The van der Waals surface area contributed by atoms with Gasteiger partial charge in [-0.2, -0.15) is 0 Å². The summed E-state index contributed by atoms with van der Waals surface area (Å²) in [7, 11) is 0. The Labute approximate surface area is 183 Å². The van der Waals surface area contributed by atoms with E-state index in [2.05, 4.69) is 5.32 Å². The molecule has 2 aliphatic rings. The van der Waals surface area contributed by atoms with Gasteiger partial charge in [0.25, 0.3) is 11.8 Å². The molecule has 1 aliphatic heterocycles. The Morgan fingerprint density at radius 2 is 1.31 bits per heavy atom. The van der Waals surface area contributed by atoms with Gasteiger partial charge >= 0.3 is 0 Å². The summed E-state index contributed by atoms with van der Waals surface area (Å²) >= 11 is 12.2.